The molecule has 4 nitrogen and oxygen atoms in total. The molecule has 0 aromatic heterocycles. The standard InChI is InChI=1S/C10H23N3O/c1-8(14)9-5-10(12-2)7-13(6-9)4-3-11/h8-10,12,14H,3-7,11H2,1-2H3. The minimum absolute atomic E-state index is 0.216. The van der Waals surface area contributed by atoms with Gasteiger partial charge in [0.2, 0.25) is 0 Å². The van der Waals surface area contributed by atoms with Gasteiger partial charge in [0.1, 0.15) is 0 Å². The minimum Gasteiger partial charge on any atom is -0.393 e. The lowest BCUT2D eigenvalue weighted by Crippen LogP contribution is -2.51. The number of aliphatic hydroxyl groups is 1. The van der Waals surface area contributed by atoms with Crippen molar-refractivity contribution < 1.29 is 5.11 Å². The van der Waals surface area contributed by atoms with E-state index in [2.05, 4.69) is 10.2 Å². The number of nitrogens with one attached hydrogen (secondary N) is 1. The van der Waals surface area contributed by atoms with Gasteiger partial charge in [-0.1, -0.05) is 0 Å². The van der Waals surface area contributed by atoms with Gasteiger partial charge in [-0.2, -0.15) is 0 Å². The van der Waals surface area contributed by atoms with Crippen molar-refractivity contribution in [3.8, 4) is 0 Å². The van der Waals surface area contributed by atoms with Crippen LogP contribution in [0.25, 0.3) is 0 Å². The number of nitrogens with zero attached hydrogens (tertiary/aromatic N) is 1. The van der Waals surface area contributed by atoms with Gasteiger partial charge in [0.25, 0.3) is 0 Å². The molecule has 0 radical (unpaired) electrons. The molecule has 84 valence electrons. The number of nitrogens with two attached hydrogens (primary N) is 1. The molecule has 1 rings (SSSR count). The van der Waals surface area contributed by atoms with Crippen LogP contribution in [0.5, 0.6) is 0 Å². The number of likely N-dealkylation sites (tertiary alicyclic amines) is 1. The second kappa shape index (κ2) is 5.66. The number of piperidine rings is 1. The molecule has 0 spiro atoms. The van der Waals surface area contributed by atoms with Crippen LogP contribution in [0.15, 0.2) is 0 Å². The SMILES string of the molecule is CNC1CC(C(C)O)CN(CCN)C1. The average molecular weight is 201 g/mol. The topological polar surface area (TPSA) is 61.5 Å². The molecule has 1 heterocycles. The average Bonchev–Trinajstić information content (AvgIpc) is 2.17. The fourth-order valence-corrected chi connectivity index (χ4v) is 2.16. The van der Waals surface area contributed by atoms with Crippen molar-refractivity contribution in [2.24, 2.45) is 11.7 Å². The van der Waals surface area contributed by atoms with Gasteiger partial charge in [-0.05, 0) is 26.3 Å². The fourth-order valence-electron chi connectivity index (χ4n) is 2.16. The molecule has 1 saturated heterocycles. The van der Waals surface area contributed by atoms with Crippen molar-refractivity contribution in [3.05, 3.63) is 0 Å². The zero-order valence-corrected chi connectivity index (χ0v) is 9.24. The Morgan fingerprint density at radius 3 is 2.79 bits per heavy atom. The van der Waals surface area contributed by atoms with E-state index in [-0.39, 0.29) is 6.10 Å². The third kappa shape index (κ3) is 3.20. The van der Waals surface area contributed by atoms with Crippen molar-refractivity contribution >= 4 is 0 Å². The van der Waals surface area contributed by atoms with E-state index in [9.17, 15) is 5.11 Å². The summed E-state index contributed by atoms with van der Waals surface area (Å²) in [4.78, 5) is 2.34. The fraction of sp³-hybridized carbons (Fsp3) is 1.00. The first kappa shape index (κ1) is 11.9. The summed E-state index contributed by atoms with van der Waals surface area (Å²) in [6.45, 7) is 5.54. The van der Waals surface area contributed by atoms with E-state index in [1.165, 1.54) is 0 Å². The summed E-state index contributed by atoms with van der Waals surface area (Å²) in [5.74, 6) is 0.382. The van der Waals surface area contributed by atoms with Gasteiger partial charge in [-0.3, -0.25) is 0 Å². The summed E-state index contributed by atoms with van der Waals surface area (Å²) in [6.07, 6.45) is 0.848. The van der Waals surface area contributed by atoms with Crippen LogP contribution in [0.4, 0.5) is 0 Å². The number of likely N-dealkylation sites (N-methyl/N-ethyl adjacent to an activating group) is 1. The van der Waals surface area contributed by atoms with Gasteiger partial charge >= 0.3 is 0 Å². The Morgan fingerprint density at radius 1 is 1.57 bits per heavy atom. The van der Waals surface area contributed by atoms with Crippen molar-refractivity contribution in [1.82, 2.24) is 10.2 Å². The maximum Gasteiger partial charge on any atom is 0.0553 e. The highest BCUT2D eigenvalue weighted by molar-refractivity contribution is 4.84. The van der Waals surface area contributed by atoms with Gasteiger partial charge in [-0.25, -0.2) is 0 Å². The smallest absolute Gasteiger partial charge is 0.0553 e. The Kier molecular flexibility index (Phi) is 4.81. The van der Waals surface area contributed by atoms with Gasteiger partial charge in [-0.15, -0.1) is 0 Å². The Labute approximate surface area is 86.5 Å². The van der Waals surface area contributed by atoms with Crippen LogP contribution in [0.3, 0.4) is 0 Å². The largest absolute Gasteiger partial charge is 0.393 e. The van der Waals surface area contributed by atoms with Crippen LogP contribution in [0.2, 0.25) is 0 Å². The lowest BCUT2D eigenvalue weighted by Gasteiger charge is -2.38. The molecular weight excluding hydrogens is 178 g/mol. The van der Waals surface area contributed by atoms with Crippen LogP contribution in [0, 0.1) is 5.92 Å². The normalized spacial score (nSPS) is 31.7. The zero-order chi connectivity index (χ0) is 10.6. The molecule has 0 aromatic carbocycles. The molecule has 0 saturated carbocycles. The highest BCUT2D eigenvalue weighted by Crippen LogP contribution is 2.19. The Bertz CT molecular complexity index is 163. The van der Waals surface area contributed by atoms with E-state index in [1.54, 1.807) is 0 Å². The van der Waals surface area contributed by atoms with E-state index in [4.69, 9.17) is 5.73 Å². The van der Waals surface area contributed by atoms with E-state index in [0.29, 0.717) is 18.5 Å². The lowest BCUT2D eigenvalue weighted by molar-refractivity contribution is 0.0508. The molecule has 14 heavy (non-hydrogen) atoms. The third-order valence-electron chi connectivity index (χ3n) is 3.09. The van der Waals surface area contributed by atoms with E-state index in [0.717, 1.165) is 26.1 Å². The van der Waals surface area contributed by atoms with Crippen molar-refractivity contribution in [2.75, 3.05) is 33.2 Å². The van der Waals surface area contributed by atoms with Crippen LogP contribution >= 0.6 is 0 Å². The number of rotatable bonds is 4. The minimum atomic E-state index is -0.216. The molecule has 1 fully saturated rings. The summed E-state index contributed by atoms with van der Waals surface area (Å²) in [7, 11) is 1.98. The second-order valence-corrected chi connectivity index (χ2v) is 4.27. The van der Waals surface area contributed by atoms with E-state index < -0.39 is 0 Å². The summed E-state index contributed by atoms with van der Waals surface area (Å²) in [5, 5.41) is 12.9. The van der Waals surface area contributed by atoms with Crippen molar-refractivity contribution in [3.63, 3.8) is 0 Å². The molecule has 4 heteroatoms. The van der Waals surface area contributed by atoms with Gasteiger partial charge in [0.15, 0.2) is 0 Å². The third-order valence-corrected chi connectivity index (χ3v) is 3.09. The number of hydrogen-bond acceptors (Lipinski definition) is 4. The second-order valence-electron chi connectivity index (χ2n) is 4.27. The quantitative estimate of drug-likeness (QED) is 0.559. The van der Waals surface area contributed by atoms with Gasteiger partial charge in [0.05, 0.1) is 6.10 Å². The van der Waals surface area contributed by atoms with Crippen LogP contribution < -0.4 is 11.1 Å². The molecular formula is C10H23N3O. The highest BCUT2D eigenvalue weighted by atomic mass is 16.3. The van der Waals surface area contributed by atoms with Gasteiger partial charge in [0, 0.05) is 32.2 Å². The Morgan fingerprint density at radius 2 is 2.29 bits per heavy atom. The summed E-state index contributed by atoms with van der Waals surface area (Å²) >= 11 is 0. The highest BCUT2D eigenvalue weighted by Gasteiger charge is 2.28. The maximum absolute atomic E-state index is 9.59. The van der Waals surface area contributed by atoms with Crippen LogP contribution in [0.1, 0.15) is 13.3 Å². The molecule has 0 aliphatic carbocycles. The number of aliphatic hydroxyl groups excluding tert-OH is 1. The van der Waals surface area contributed by atoms with E-state index in [1.807, 2.05) is 14.0 Å². The first-order valence-electron chi connectivity index (χ1n) is 5.45. The van der Waals surface area contributed by atoms with Crippen molar-refractivity contribution in [1.29, 1.82) is 0 Å². The summed E-state index contributed by atoms with van der Waals surface area (Å²) < 4.78 is 0. The molecule has 0 amide bonds. The summed E-state index contributed by atoms with van der Waals surface area (Å²) in [6, 6.07) is 0.495. The molecule has 3 unspecified atom stereocenters. The molecule has 4 N–H and O–H groups in total. The molecule has 0 bridgehead atoms. The number of hydrogen-bond donors (Lipinski definition) is 3. The first-order chi connectivity index (χ1) is 6.67. The predicted molar refractivity (Wildman–Crippen MR) is 58.1 cm³/mol. The Balaban J connectivity index is 2.47. The van der Waals surface area contributed by atoms with E-state index >= 15 is 0 Å². The van der Waals surface area contributed by atoms with Crippen LogP contribution in [-0.2, 0) is 0 Å². The predicted octanol–water partition coefficient (Wildman–Crippen LogP) is -0.764. The summed E-state index contributed by atoms with van der Waals surface area (Å²) in [5.41, 5.74) is 5.54. The lowest BCUT2D eigenvalue weighted by atomic mass is 9.90. The van der Waals surface area contributed by atoms with Crippen molar-refractivity contribution in [2.45, 2.75) is 25.5 Å². The maximum atomic E-state index is 9.59. The monoisotopic (exact) mass is 201 g/mol. The van der Waals surface area contributed by atoms with Gasteiger partial charge < -0.3 is 21.1 Å². The Hall–Kier alpha value is -0.160. The first-order valence-corrected chi connectivity index (χ1v) is 5.45. The van der Waals surface area contributed by atoms with Crippen LogP contribution in [-0.4, -0.2) is 55.4 Å². The molecule has 0 aromatic rings. The molecule has 1 aliphatic rings. The molecule has 3 atom stereocenters. The molecule has 1 aliphatic heterocycles. The zero-order valence-electron chi connectivity index (χ0n) is 9.24.